The summed E-state index contributed by atoms with van der Waals surface area (Å²) in [5, 5.41) is 3.58. The number of ether oxygens (including phenoxy) is 1. The molecule has 1 heterocycles. The zero-order valence-corrected chi connectivity index (χ0v) is 10.9. The highest BCUT2D eigenvalue weighted by Crippen LogP contribution is 2.16. The summed E-state index contributed by atoms with van der Waals surface area (Å²) in [5.41, 5.74) is 0. The largest absolute Gasteiger partial charge is 0.378 e. The minimum absolute atomic E-state index is 0.527. The van der Waals surface area contributed by atoms with Crippen LogP contribution in [0.15, 0.2) is 0 Å². The number of nitrogens with one attached hydrogen (secondary N) is 1. The second-order valence-electron chi connectivity index (χ2n) is 4.43. The standard InChI is InChI=1S/C12H25NOS/c1-11(10-12-6-5-8-14-12)13-7-3-4-9-15-2/h11-13H,3-10H2,1-2H3. The average Bonchev–Trinajstić information content (AvgIpc) is 2.70. The highest BCUT2D eigenvalue weighted by molar-refractivity contribution is 7.98. The zero-order chi connectivity index (χ0) is 10.9. The molecule has 1 saturated heterocycles. The van der Waals surface area contributed by atoms with Crippen LogP contribution in [0.1, 0.15) is 39.0 Å². The quantitative estimate of drug-likeness (QED) is 0.649. The van der Waals surface area contributed by atoms with Gasteiger partial charge in [0, 0.05) is 12.6 Å². The Kier molecular flexibility index (Phi) is 7.49. The molecule has 1 fully saturated rings. The highest BCUT2D eigenvalue weighted by atomic mass is 32.2. The minimum atomic E-state index is 0.527. The lowest BCUT2D eigenvalue weighted by molar-refractivity contribution is 0.0963. The molecule has 2 unspecified atom stereocenters. The van der Waals surface area contributed by atoms with Gasteiger partial charge in [0.05, 0.1) is 6.10 Å². The van der Waals surface area contributed by atoms with Crippen molar-refractivity contribution in [1.82, 2.24) is 5.32 Å². The van der Waals surface area contributed by atoms with Gasteiger partial charge in [-0.2, -0.15) is 11.8 Å². The summed E-state index contributed by atoms with van der Waals surface area (Å²) in [6, 6.07) is 0.613. The molecule has 15 heavy (non-hydrogen) atoms. The molecule has 0 spiro atoms. The first-order chi connectivity index (χ1) is 7.33. The number of hydrogen-bond acceptors (Lipinski definition) is 3. The van der Waals surface area contributed by atoms with Gasteiger partial charge in [-0.05, 0) is 57.6 Å². The second kappa shape index (κ2) is 8.43. The third-order valence-electron chi connectivity index (χ3n) is 2.91. The lowest BCUT2D eigenvalue weighted by atomic mass is 10.1. The van der Waals surface area contributed by atoms with Gasteiger partial charge >= 0.3 is 0 Å². The molecule has 0 aromatic rings. The molecule has 1 aliphatic rings. The van der Waals surface area contributed by atoms with E-state index in [4.69, 9.17) is 4.74 Å². The first kappa shape index (κ1) is 13.3. The molecule has 1 aliphatic heterocycles. The number of hydrogen-bond donors (Lipinski definition) is 1. The molecule has 90 valence electrons. The molecule has 2 atom stereocenters. The monoisotopic (exact) mass is 231 g/mol. The molecule has 0 aromatic carbocycles. The van der Waals surface area contributed by atoms with Gasteiger partial charge in [0.1, 0.15) is 0 Å². The van der Waals surface area contributed by atoms with Gasteiger partial charge in [0.25, 0.3) is 0 Å². The number of thioether (sulfide) groups is 1. The van der Waals surface area contributed by atoms with E-state index in [1.54, 1.807) is 0 Å². The van der Waals surface area contributed by atoms with E-state index in [1.807, 2.05) is 11.8 Å². The topological polar surface area (TPSA) is 21.3 Å². The molecule has 1 N–H and O–H groups in total. The molecule has 3 heteroatoms. The lowest BCUT2D eigenvalue weighted by Gasteiger charge is -2.17. The summed E-state index contributed by atoms with van der Waals surface area (Å²) in [4.78, 5) is 0. The fourth-order valence-corrected chi connectivity index (χ4v) is 2.52. The van der Waals surface area contributed by atoms with Crippen LogP contribution >= 0.6 is 11.8 Å². The van der Waals surface area contributed by atoms with Crippen molar-refractivity contribution in [3.63, 3.8) is 0 Å². The molecule has 2 nitrogen and oxygen atoms in total. The van der Waals surface area contributed by atoms with Crippen molar-refractivity contribution in [3.8, 4) is 0 Å². The van der Waals surface area contributed by atoms with Crippen molar-refractivity contribution in [3.05, 3.63) is 0 Å². The Morgan fingerprint density at radius 2 is 2.33 bits per heavy atom. The Morgan fingerprint density at radius 3 is 3.00 bits per heavy atom. The summed E-state index contributed by atoms with van der Waals surface area (Å²) in [6.45, 7) is 4.41. The molecule has 0 saturated carbocycles. The Bertz CT molecular complexity index is 149. The molecule has 0 radical (unpaired) electrons. The summed E-state index contributed by atoms with van der Waals surface area (Å²) < 4.78 is 5.63. The van der Waals surface area contributed by atoms with E-state index in [2.05, 4.69) is 18.5 Å². The molecular weight excluding hydrogens is 206 g/mol. The Morgan fingerprint density at radius 1 is 1.47 bits per heavy atom. The number of unbranched alkanes of at least 4 members (excludes halogenated alkanes) is 1. The van der Waals surface area contributed by atoms with Crippen molar-refractivity contribution in [2.24, 2.45) is 0 Å². The zero-order valence-electron chi connectivity index (χ0n) is 10.1. The normalized spacial score (nSPS) is 23.2. The predicted octanol–water partition coefficient (Wildman–Crippen LogP) is 2.68. The van der Waals surface area contributed by atoms with Crippen molar-refractivity contribution >= 4 is 11.8 Å². The molecule has 0 aromatic heterocycles. The van der Waals surface area contributed by atoms with E-state index in [0.717, 1.165) is 13.2 Å². The Balaban J connectivity index is 1.91. The van der Waals surface area contributed by atoms with E-state index in [-0.39, 0.29) is 0 Å². The number of rotatable bonds is 8. The molecule has 0 aliphatic carbocycles. The van der Waals surface area contributed by atoms with Gasteiger partial charge in [-0.25, -0.2) is 0 Å². The van der Waals surface area contributed by atoms with E-state index in [1.165, 1.54) is 37.9 Å². The van der Waals surface area contributed by atoms with E-state index >= 15 is 0 Å². The lowest BCUT2D eigenvalue weighted by Crippen LogP contribution is -2.30. The van der Waals surface area contributed by atoms with Crippen LogP contribution in [-0.4, -0.2) is 37.3 Å². The third kappa shape index (κ3) is 6.44. The fraction of sp³-hybridized carbons (Fsp3) is 1.00. The smallest absolute Gasteiger partial charge is 0.0590 e. The van der Waals surface area contributed by atoms with Crippen LogP contribution < -0.4 is 5.32 Å². The van der Waals surface area contributed by atoms with Gasteiger partial charge < -0.3 is 10.1 Å². The fourth-order valence-electron chi connectivity index (χ4n) is 2.03. The van der Waals surface area contributed by atoms with Crippen LogP contribution in [0.5, 0.6) is 0 Å². The summed E-state index contributed by atoms with van der Waals surface area (Å²) in [5.74, 6) is 1.29. The van der Waals surface area contributed by atoms with Crippen molar-refractivity contribution in [2.45, 2.75) is 51.2 Å². The molecule has 1 rings (SSSR count). The maximum Gasteiger partial charge on any atom is 0.0590 e. The highest BCUT2D eigenvalue weighted by Gasteiger charge is 2.17. The first-order valence-corrected chi connectivity index (χ1v) is 7.56. The van der Waals surface area contributed by atoms with Crippen LogP contribution in [0.3, 0.4) is 0 Å². The Hall–Kier alpha value is 0.270. The van der Waals surface area contributed by atoms with E-state index in [9.17, 15) is 0 Å². The molecule has 0 bridgehead atoms. The van der Waals surface area contributed by atoms with Crippen molar-refractivity contribution in [2.75, 3.05) is 25.2 Å². The van der Waals surface area contributed by atoms with Crippen LogP contribution in [0.4, 0.5) is 0 Å². The summed E-state index contributed by atoms with van der Waals surface area (Å²) in [6.07, 6.45) is 9.04. The summed E-state index contributed by atoms with van der Waals surface area (Å²) in [7, 11) is 0. The van der Waals surface area contributed by atoms with E-state index < -0.39 is 0 Å². The minimum Gasteiger partial charge on any atom is -0.378 e. The molecule has 0 amide bonds. The van der Waals surface area contributed by atoms with Gasteiger partial charge in [0.2, 0.25) is 0 Å². The van der Waals surface area contributed by atoms with Gasteiger partial charge in [-0.3, -0.25) is 0 Å². The van der Waals surface area contributed by atoms with Gasteiger partial charge in [-0.1, -0.05) is 0 Å². The van der Waals surface area contributed by atoms with Crippen LogP contribution in [0.2, 0.25) is 0 Å². The Labute approximate surface area is 98.5 Å². The van der Waals surface area contributed by atoms with Crippen LogP contribution in [0.25, 0.3) is 0 Å². The summed E-state index contributed by atoms with van der Waals surface area (Å²) >= 11 is 1.94. The average molecular weight is 231 g/mol. The van der Waals surface area contributed by atoms with Gasteiger partial charge in [0.15, 0.2) is 0 Å². The maximum absolute atomic E-state index is 5.63. The van der Waals surface area contributed by atoms with Gasteiger partial charge in [-0.15, -0.1) is 0 Å². The predicted molar refractivity (Wildman–Crippen MR) is 68.7 cm³/mol. The van der Waals surface area contributed by atoms with Crippen LogP contribution in [0, 0.1) is 0 Å². The molecular formula is C12H25NOS. The van der Waals surface area contributed by atoms with Crippen molar-refractivity contribution in [1.29, 1.82) is 0 Å². The first-order valence-electron chi connectivity index (χ1n) is 6.17. The SMILES string of the molecule is CSCCCCNC(C)CC1CCCO1. The second-order valence-corrected chi connectivity index (χ2v) is 5.41. The van der Waals surface area contributed by atoms with Crippen LogP contribution in [-0.2, 0) is 4.74 Å². The third-order valence-corrected chi connectivity index (χ3v) is 3.61. The van der Waals surface area contributed by atoms with Crippen molar-refractivity contribution < 1.29 is 4.74 Å². The van der Waals surface area contributed by atoms with E-state index in [0.29, 0.717) is 12.1 Å². The maximum atomic E-state index is 5.63.